The number of oxazole rings is 1. The van der Waals surface area contributed by atoms with Gasteiger partial charge in [-0.2, -0.15) is 5.26 Å². The van der Waals surface area contributed by atoms with Crippen LogP contribution >= 0.6 is 11.3 Å². The van der Waals surface area contributed by atoms with E-state index in [-0.39, 0.29) is 6.61 Å². The number of nitrogens with zero attached hydrogens (tertiary/aromatic N) is 3. The van der Waals surface area contributed by atoms with Crippen LogP contribution in [0.25, 0.3) is 32.8 Å². The fourth-order valence-electron chi connectivity index (χ4n) is 2.90. The minimum atomic E-state index is 0.114. The molecule has 4 rings (SSSR count). The zero-order chi connectivity index (χ0) is 18.8. The first-order valence-corrected chi connectivity index (χ1v) is 9.33. The number of hydrogen-bond acceptors (Lipinski definition) is 6. The SMILES string of the molecule is CN(CCO)c1ccc2cc(/C=C(\C#N)c3nc4ccccc4o3)sc2c1. The lowest BCUT2D eigenvalue weighted by atomic mass is 10.2. The smallest absolute Gasteiger partial charge is 0.238 e. The van der Waals surface area contributed by atoms with Gasteiger partial charge in [-0.15, -0.1) is 11.3 Å². The third-order valence-corrected chi connectivity index (χ3v) is 5.38. The summed E-state index contributed by atoms with van der Waals surface area (Å²) in [7, 11) is 1.95. The number of benzene rings is 2. The van der Waals surface area contributed by atoms with Crippen molar-refractivity contribution in [2.45, 2.75) is 0 Å². The van der Waals surface area contributed by atoms with Crippen molar-refractivity contribution in [1.82, 2.24) is 4.98 Å². The molecule has 2 heterocycles. The maximum Gasteiger partial charge on any atom is 0.238 e. The molecule has 4 aromatic rings. The van der Waals surface area contributed by atoms with Gasteiger partial charge in [-0.3, -0.25) is 0 Å². The lowest BCUT2D eigenvalue weighted by molar-refractivity contribution is 0.304. The van der Waals surface area contributed by atoms with Gasteiger partial charge < -0.3 is 14.4 Å². The number of aromatic nitrogens is 1. The fourth-order valence-corrected chi connectivity index (χ4v) is 3.94. The van der Waals surface area contributed by atoms with Gasteiger partial charge >= 0.3 is 0 Å². The van der Waals surface area contributed by atoms with Crippen molar-refractivity contribution in [1.29, 1.82) is 5.26 Å². The van der Waals surface area contributed by atoms with Crippen LogP contribution in [0, 0.1) is 11.3 Å². The Kier molecular flexibility index (Phi) is 4.63. The first-order chi connectivity index (χ1) is 13.2. The van der Waals surface area contributed by atoms with E-state index in [0.29, 0.717) is 23.6 Å². The Morgan fingerprint density at radius 1 is 1.30 bits per heavy atom. The van der Waals surface area contributed by atoms with Crippen LogP contribution < -0.4 is 4.90 Å². The molecule has 0 bridgehead atoms. The van der Waals surface area contributed by atoms with Crippen molar-refractivity contribution in [2.75, 3.05) is 25.1 Å². The summed E-state index contributed by atoms with van der Waals surface area (Å²) >= 11 is 1.61. The molecule has 27 heavy (non-hydrogen) atoms. The highest BCUT2D eigenvalue weighted by molar-refractivity contribution is 7.19. The number of anilines is 1. The molecule has 0 fully saturated rings. The first kappa shape index (κ1) is 17.3. The van der Waals surface area contributed by atoms with Gasteiger partial charge in [-0.05, 0) is 41.8 Å². The second kappa shape index (κ2) is 7.23. The Morgan fingerprint density at radius 2 is 2.15 bits per heavy atom. The average Bonchev–Trinajstić information content (AvgIpc) is 3.28. The Labute approximate surface area is 160 Å². The van der Waals surface area contributed by atoms with E-state index in [1.807, 2.05) is 48.4 Å². The number of fused-ring (bicyclic) bond motifs is 2. The van der Waals surface area contributed by atoms with Crippen molar-refractivity contribution in [3.05, 3.63) is 59.3 Å². The lowest BCUT2D eigenvalue weighted by Crippen LogP contribution is -2.20. The molecular formula is C21H17N3O2S. The van der Waals surface area contributed by atoms with Gasteiger partial charge in [0.2, 0.25) is 5.89 Å². The van der Waals surface area contributed by atoms with Crippen molar-refractivity contribution in [3.63, 3.8) is 0 Å². The molecule has 0 spiro atoms. The predicted octanol–water partition coefficient (Wildman–Crippen LogP) is 4.54. The largest absolute Gasteiger partial charge is 0.435 e. The number of aliphatic hydroxyl groups is 1. The fraction of sp³-hybridized carbons (Fsp3) is 0.143. The van der Waals surface area contributed by atoms with E-state index in [1.165, 1.54) is 0 Å². The van der Waals surface area contributed by atoms with Crippen LogP contribution in [0.4, 0.5) is 5.69 Å². The number of allylic oxidation sites excluding steroid dienone is 1. The highest BCUT2D eigenvalue weighted by Crippen LogP contribution is 2.32. The van der Waals surface area contributed by atoms with Gasteiger partial charge in [0.05, 0.1) is 6.61 Å². The second-order valence-corrected chi connectivity index (χ2v) is 7.29. The molecule has 0 atom stereocenters. The lowest BCUT2D eigenvalue weighted by Gasteiger charge is -2.17. The molecule has 2 aromatic carbocycles. The van der Waals surface area contributed by atoms with E-state index in [4.69, 9.17) is 9.52 Å². The van der Waals surface area contributed by atoms with Gasteiger partial charge in [0.1, 0.15) is 17.2 Å². The molecule has 0 saturated heterocycles. The molecule has 0 unspecified atom stereocenters. The van der Waals surface area contributed by atoms with Crippen LogP contribution in [-0.4, -0.2) is 30.3 Å². The predicted molar refractivity (Wildman–Crippen MR) is 110 cm³/mol. The van der Waals surface area contributed by atoms with E-state index >= 15 is 0 Å². The number of aliphatic hydroxyl groups excluding tert-OH is 1. The second-order valence-electron chi connectivity index (χ2n) is 6.17. The number of nitriles is 1. The Balaban J connectivity index is 1.70. The Hall–Kier alpha value is -3.14. The topological polar surface area (TPSA) is 73.3 Å². The number of likely N-dealkylation sites (N-methyl/N-ethyl adjacent to an activating group) is 1. The standard InChI is InChI=1S/C21H17N3O2S/c1-24(8-9-25)16-7-6-14-10-17(27-20(14)12-16)11-15(13-22)21-23-18-4-2-3-5-19(18)26-21/h2-7,10-12,25H,8-9H2,1H3/b15-11+. The maximum atomic E-state index is 9.57. The minimum Gasteiger partial charge on any atom is -0.435 e. The molecule has 0 saturated carbocycles. The molecule has 0 radical (unpaired) electrons. The third-order valence-electron chi connectivity index (χ3n) is 4.33. The molecule has 0 aliphatic rings. The summed E-state index contributed by atoms with van der Waals surface area (Å²) in [6, 6.07) is 17.9. The van der Waals surface area contributed by atoms with Crippen LogP contribution in [0.15, 0.2) is 52.9 Å². The molecule has 1 N–H and O–H groups in total. The monoisotopic (exact) mass is 375 g/mol. The van der Waals surface area contributed by atoms with Crippen LogP contribution in [0.1, 0.15) is 10.8 Å². The summed E-state index contributed by atoms with van der Waals surface area (Å²) < 4.78 is 6.84. The summed E-state index contributed by atoms with van der Waals surface area (Å²) in [6.45, 7) is 0.697. The quantitative estimate of drug-likeness (QED) is 0.519. The van der Waals surface area contributed by atoms with E-state index in [2.05, 4.69) is 29.3 Å². The van der Waals surface area contributed by atoms with Crippen LogP contribution in [0.3, 0.4) is 0 Å². The van der Waals surface area contributed by atoms with Gasteiger partial charge in [-0.1, -0.05) is 18.2 Å². The first-order valence-electron chi connectivity index (χ1n) is 8.51. The number of hydrogen-bond donors (Lipinski definition) is 1. The van der Waals surface area contributed by atoms with Gasteiger partial charge in [0.15, 0.2) is 5.58 Å². The van der Waals surface area contributed by atoms with Crippen molar-refractivity contribution < 1.29 is 9.52 Å². The molecule has 6 heteroatoms. The molecule has 0 aliphatic carbocycles. The van der Waals surface area contributed by atoms with E-state index in [0.717, 1.165) is 26.2 Å². The molecular weight excluding hydrogens is 358 g/mol. The van der Waals surface area contributed by atoms with Crippen molar-refractivity contribution in [2.24, 2.45) is 0 Å². The van der Waals surface area contributed by atoms with Gasteiger partial charge in [0.25, 0.3) is 0 Å². The zero-order valence-corrected chi connectivity index (χ0v) is 15.5. The number of thiophene rings is 1. The Bertz CT molecular complexity index is 1150. The summed E-state index contributed by atoms with van der Waals surface area (Å²) in [5.74, 6) is 0.333. The van der Waals surface area contributed by atoms with E-state index in [1.54, 1.807) is 11.3 Å². The average molecular weight is 375 g/mol. The van der Waals surface area contributed by atoms with E-state index < -0.39 is 0 Å². The molecule has 5 nitrogen and oxygen atoms in total. The van der Waals surface area contributed by atoms with Crippen LogP contribution in [-0.2, 0) is 0 Å². The van der Waals surface area contributed by atoms with Crippen LogP contribution in [0.5, 0.6) is 0 Å². The summed E-state index contributed by atoms with van der Waals surface area (Å²) in [4.78, 5) is 7.38. The van der Waals surface area contributed by atoms with E-state index in [9.17, 15) is 5.26 Å². The number of para-hydroxylation sites is 2. The zero-order valence-electron chi connectivity index (χ0n) is 14.7. The van der Waals surface area contributed by atoms with Crippen molar-refractivity contribution in [3.8, 4) is 6.07 Å². The van der Waals surface area contributed by atoms with Crippen molar-refractivity contribution >= 4 is 49.9 Å². The number of rotatable bonds is 5. The molecule has 0 aliphatic heterocycles. The highest BCUT2D eigenvalue weighted by Gasteiger charge is 2.12. The van der Waals surface area contributed by atoms with Gasteiger partial charge in [0, 0.05) is 28.9 Å². The Morgan fingerprint density at radius 3 is 2.93 bits per heavy atom. The van der Waals surface area contributed by atoms with Crippen LogP contribution in [0.2, 0.25) is 0 Å². The maximum absolute atomic E-state index is 9.57. The molecule has 0 amide bonds. The van der Waals surface area contributed by atoms with Gasteiger partial charge in [-0.25, -0.2) is 4.98 Å². The summed E-state index contributed by atoms with van der Waals surface area (Å²) in [5, 5.41) is 19.8. The summed E-state index contributed by atoms with van der Waals surface area (Å²) in [5.41, 5.74) is 2.85. The molecule has 2 aromatic heterocycles. The third kappa shape index (κ3) is 3.43. The molecule has 134 valence electrons. The normalized spacial score (nSPS) is 11.8. The highest BCUT2D eigenvalue weighted by atomic mass is 32.1. The summed E-state index contributed by atoms with van der Waals surface area (Å²) in [6.07, 6.45) is 1.81. The minimum absolute atomic E-state index is 0.114.